The zero-order valence-corrected chi connectivity index (χ0v) is 16.6. The maximum atomic E-state index is 12.6. The summed E-state index contributed by atoms with van der Waals surface area (Å²) in [5.74, 6) is 0.385. The lowest BCUT2D eigenvalue weighted by Gasteiger charge is -2.33. The Kier molecular flexibility index (Phi) is 5.95. The van der Waals surface area contributed by atoms with E-state index in [2.05, 4.69) is 16.8 Å². The number of hydrogen-bond acceptors (Lipinski definition) is 6. The normalized spacial score (nSPS) is 16.9. The summed E-state index contributed by atoms with van der Waals surface area (Å²) in [5.41, 5.74) is 0.0179. The van der Waals surface area contributed by atoms with E-state index >= 15 is 0 Å². The summed E-state index contributed by atoms with van der Waals surface area (Å²) in [4.78, 5) is 33.6. The molecule has 0 bridgehead atoms. The van der Waals surface area contributed by atoms with E-state index in [1.54, 1.807) is 19.4 Å². The van der Waals surface area contributed by atoms with Crippen molar-refractivity contribution in [2.24, 2.45) is 14.1 Å². The average molecular weight is 382 g/mol. The predicted octanol–water partition coefficient (Wildman–Crippen LogP) is 0.842. The average Bonchev–Trinajstić information content (AvgIpc) is 3.16. The van der Waals surface area contributed by atoms with Crippen LogP contribution in [0.4, 0.5) is 5.82 Å². The Bertz CT molecular complexity index is 989. The molecule has 3 rings (SSSR count). The Morgan fingerprint density at radius 3 is 2.61 bits per heavy atom. The number of aromatic nitrogens is 3. The molecule has 1 saturated heterocycles. The Hall–Kier alpha value is -2.92. The molecule has 8 heteroatoms. The molecular weight excluding hydrogens is 356 g/mol. The SMILES string of the molecule is CCN1CCCC1CN(Cc1ccncc1)c1c(C#N)c(=O)n(C)c(=O)n1C. The molecule has 0 spiro atoms. The number of rotatable bonds is 6. The minimum atomic E-state index is -0.556. The number of nitriles is 1. The molecule has 1 aliphatic heterocycles. The van der Waals surface area contributed by atoms with Gasteiger partial charge >= 0.3 is 5.69 Å². The molecule has 0 amide bonds. The first-order valence-corrected chi connectivity index (χ1v) is 9.55. The van der Waals surface area contributed by atoms with Gasteiger partial charge in [0.25, 0.3) is 5.56 Å². The maximum Gasteiger partial charge on any atom is 0.332 e. The Morgan fingerprint density at radius 1 is 1.25 bits per heavy atom. The third-order valence-corrected chi connectivity index (χ3v) is 5.50. The molecular formula is C20H26N6O2. The van der Waals surface area contributed by atoms with Crippen LogP contribution in [-0.2, 0) is 20.6 Å². The van der Waals surface area contributed by atoms with Crippen LogP contribution in [0.1, 0.15) is 30.9 Å². The van der Waals surface area contributed by atoms with Crippen LogP contribution >= 0.6 is 0 Å². The van der Waals surface area contributed by atoms with Crippen LogP contribution in [0.5, 0.6) is 0 Å². The van der Waals surface area contributed by atoms with Crippen LogP contribution < -0.4 is 16.1 Å². The lowest BCUT2D eigenvalue weighted by molar-refractivity contribution is 0.267. The monoisotopic (exact) mass is 382 g/mol. The number of anilines is 1. The second-order valence-corrected chi connectivity index (χ2v) is 7.18. The van der Waals surface area contributed by atoms with Gasteiger partial charge in [0, 0.05) is 45.6 Å². The van der Waals surface area contributed by atoms with E-state index in [0.717, 1.165) is 36.1 Å². The lowest BCUT2D eigenvalue weighted by atomic mass is 10.1. The lowest BCUT2D eigenvalue weighted by Crippen LogP contribution is -2.46. The van der Waals surface area contributed by atoms with Crippen LogP contribution in [0.2, 0.25) is 0 Å². The van der Waals surface area contributed by atoms with Crippen molar-refractivity contribution in [3.63, 3.8) is 0 Å². The highest BCUT2D eigenvalue weighted by Crippen LogP contribution is 2.23. The minimum absolute atomic E-state index is 0.000276. The van der Waals surface area contributed by atoms with Crippen LogP contribution in [0.15, 0.2) is 34.1 Å². The van der Waals surface area contributed by atoms with Gasteiger partial charge in [-0.05, 0) is 43.6 Å². The van der Waals surface area contributed by atoms with Gasteiger partial charge < -0.3 is 4.90 Å². The van der Waals surface area contributed by atoms with E-state index < -0.39 is 11.2 Å². The van der Waals surface area contributed by atoms with Crippen LogP contribution in [0, 0.1) is 11.3 Å². The first-order chi connectivity index (χ1) is 13.5. The van der Waals surface area contributed by atoms with Gasteiger partial charge in [-0.3, -0.25) is 23.8 Å². The number of likely N-dealkylation sites (tertiary alicyclic amines) is 1. The molecule has 0 aromatic carbocycles. The quantitative estimate of drug-likeness (QED) is 0.736. The summed E-state index contributed by atoms with van der Waals surface area (Å²) in [6, 6.07) is 6.16. The molecule has 0 N–H and O–H groups in total. The number of nitrogens with zero attached hydrogens (tertiary/aromatic N) is 6. The Morgan fingerprint density at radius 2 is 1.96 bits per heavy atom. The van der Waals surface area contributed by atoms with E-state index in [1.165, 1.54) is 11.6 Å². The molecule has 1 atom stereocenters. The van der Waals surface area contributed by atoms with Crippen molar-refractivity contribution in [2.75, 3.05) is 24.5 Å². The van der Waals surface area contributed by atoms with Gasteiger partial charge in [-0.25, -0.2) is 4.79 Å². The topological polar surface area (TPSA) is 87.2 Å². The van der Waals surface area contributed by atoms with Gasteiger partial charge in [-0.1, -0.05) is 6.92 Å². The van der Waals surface area contributed by atoms with Crippen LogP contribution in [0.3, 0.4) is 0 Å². The highest BCUT2D eigenvalue weighted by molar-refractivity contribution is 5.54. The maximum absolute atomic E-state index is 12.6. The highest BCUT2D eigenvalue weighted by atomic mass is 16.2. The minimum Gasteiger partial charge on any atom is -0.351 e. The second-order valence-electron chi connectivity index (χ2n) is 7.18. The summed E-state index contributed by atoms with van der Waals surface area (Å²) in [6.07, 6.45) is 5.62. The largest absolute Gasteiger partial charge is 0.351 e. The van der Waals surface area contributed by atoms with Crippen molar-refractivity contribution >= 4 is 5.82 Å². The molecule has 2 aromatic rings. The van der Waals surface area contributed by atoms with Crippen molar-refractivity contribution in [1.29, 1.82) is 5.26 Å². The molecule has 148 valence electrons. The predicted molar refractivity (Wildman–Crippen MR) is 107 cm³/mol. The third kappa shape index (κ3) is 3.71. The van der Waals surface area contributed by atoms with Crippen LogP contribution in [0.25, 0.3) is 0 Å². The fourth-order valence-corrected chi connectivity index (χ4v) is 4.01. The molecule has 8 nitrogen and oxygen atoms in total. The van der Waals surface area contributed by atoms with E-state index in [1.807, 2.05) is 23.1 Å². The van der Waals surface area contributed by atoms with Crippen LogP contribution in [-0.4, -0.2) is 44.7 Å². The molecule has 0 saturated carbocycles. The Balaban J connectivity index is 2.10. The van der Waals surface area contributed by atoms with Gasteiger partial charge in [-0.2, -0.15) is 5.26 Å². The summed E-state index contributed by atoms with van der Waals surface area (Å²) in [5, 5.41) is 9.69. The number of likely N-dealkylation sites (N-methyl/N-ethyl adjacent to an activating group) is 1. The summed E-state index contributed by atoms with van der Waals surface area (Å²) < 4.78 is 2.40. The van der Waals surface area contributed by atoms with Crippen molar-refractivity contribution < 1.29 is 0 Å². The molecule has 28 heavy (non-hydrogen) atoms. The second kappa shape index (κ2) is 8.40. The van der Waals surface area contributed by atoms with Crippen molar-refractivity contribution in [3.8, 4) is 6.07 Å². The highest BCUT2D eigenvalue weighted by Gasteiger charge is 2.28. The van der Waals surface area contributed by atoms with Crippen molar-refractivity contribution in [3.05, 3.63) is 56.5 Å². The first kappa shape index (κ1) is 19.8. The Labute approximate surface area is 164 Å². The standard InChI is InChI=1S/C20H26N6O2/c1-4-25-11-5-6-16(25)14-26(13-15-7-9-22-10-8-15)18-17(12-21)19(27)24(3)20(28)23(18)2/h7-10,16H,4-6,11,13-14H2,1-3H3. The van der Waals surface area contributed by atoms with Crippen molar-refractivity contribution in [2.45, 2.75) is 32.4 Å². The summed E-state index contributed by atoms with van der Waals surface area (Å²) >= 11 is 0. The molecule has 2 aromatic heterocycles. The summed E-state index contributed by atoms with van der Waals surface area (Å²) in [6.45, 7) is 5.27. The van der Waals surface area contributed by atoms with E-state index in [4.69, 9.17) is 0 Å². The molecule has 1 aliphatic rings. The smallest absolute Gasteiger partial charge is 0.332 e. The molecule has 0 radical (unpaired) electrons. The van der Waals surface area contributed by atoms with Gasteiger partial charge in [-0.15, -0.1) is 0 Å². The van der Waals surface area contributed by atoms with E-state index in [9.17, 15) is 14.9 Å². The molecule has 1 fully saturated rings. The van der Waals surface area contributed by atoms with Crippen molar-refractivity contribution in [1.82, 2.24) is 19.0 Å². The third-order valence-electron chi connectivity index (χ3n) is 5.50. The summed E-state index contributed by atoms with van der Waals surface area (Å²) in [7, 11) is 3.02. The van der Waals surface area contributed by atoms with Gasteiger partial charge in [0.2, 0.25) is 0 Å². The fourth-order valence-electron chi connectivity index (χ4n) is 4.01. The van der Waals surface area contributed by atoms with E-state index in [-0.39, 0.29) is 5.56 Å². The van der Waals surface area contributed by atoms with Gasteiger partial charge in [0.15, 0.2) is 5.56 Å². The fraction of sp³-hybridized carbons (Fsp3) is 0.500. The first-order valence-electron chi connectivity index (χ1n) is 9.55. The molecule has 3 heterocycles. The molecule has 1 unspecified atom stereocenters. The zero-order valence-electron chi connectivity index (χ0n) is 16.6. The number of hydrogen-bond donors (Lipinski definition) is 0. The van der Waals surface area contributed by atoms with E-state index in [0.29, 0.717) is 24.9 Å². The van der Waals surface area contributed by atoms with Gasteiger partial charge in [0.1, 0.15) is 11.9 Å². The van der Waals surface area contributed by atoms with Gasteiger partial charge in [0.05, 0.1) is 0 Å². The number of pyridine rings is 1. The molecule has 0 aliphatic carbocycles. The zero-order chi connectivity index (χ0) is 20.3.